The third kappa shape index (κ3) is 4.90. The SMILES string of the molecule is O=C(CCCc1nc2ccccc2s1)NCCCc1ccccc1. The second-order valence-electron chi connectivity index (χ2n) is 5.87. The first kappa shape index (κ1) is 16.7. The van der Waals surface area contributed by atoms with E-state index in [2.05, 4.69) is 40.6 Å². The van der Waals surface area contributed by atoms with Crippen LogP contribution in [0.15, 0.2) is 54.6 Å². The Hall–Kier alpha value is -2.20. The van der Waals surface area contributed by atoms with Gasteiger partial charge in [-0.1, -0.05) is 42.5 Å². The predicted octanol–water partition coefficient (Wildman–Crippen LogP) is 4.37. The molecular weight excluding hydrogens is 316 g/mol. The first-order chi connectivity index (χ1) is 11.8. The summed E-state index contributed by atoms with van der Waals surface area (Å²) in [4.78, 5) is 16.5. The fourth-order valence-electron chi connectivity index (χ4n) is 2.68. The molecule has 3 rings (SSSR count). The van der Waals surface area contributed by atoms with E-state index >= 15 is 0 Å². The minimum Gasteiger partial charge on any atom is -0.356 e. The molecule has 0 aliphatic rings. The van der Waals surface area contributed by atoms with Crippen LogP contribution in [-0.2, 0) is 17.6 Å². The lowest BCUT2D eigenvalue weighted by molar-refractivity contribution is -0.121. The average molecular weight is 338 g/mol. The van der Waals surface area contributed by atoms with E-state index in [4.69, 9.17) is 0 Å². The standard InChI is InChI=1S/C20H22N2OS/c23-19(21-15-7-10-16-8-2-1-3-9-16)13-6-14-20-22-17-11-4-5-12-18(17)24-20/h1-5,8-9,11-12H,6-7,10,13-15H2,(H,21,23). The Morgan fingerprint density at radius 2 is 1.75 bits per heavy atom. The van der Waals surface area contributed by atoms with Crippen LogP contribution >= 0.6 is 11.3 Å². The van der Waals surface area contributed by atoms with Crippen molar-refractivity contribution in [1.82, 2.24) is 10.3 Å². The zero-order chi connectivity index (χ0) is 16.6. The van der Waals surface area contributed by atoms with Crippen LogP contribution in [0.3, 0.4) is 0 Å². The van der Waals surface area contributed by atoms with Crippen LogP contribution < -0.4 is 5.32 Å². The van der Waals surface area contributed by atoms with Crippen LogP contribution in [0.25, 0.3) is 10.2 Å². The molecular formula is C20H22N2OS. The van der Waals surface area contributed by atoms with Crippen molar-refractivity contribution < 1.29 is 4.79 Å². The maximum absolute atomic E-state index is 11.9. The number of carbonyl (C=O) groups excluding carboxylic acids is 1. The maximum atomic E-state index is 11.9. The number of aromatic nitrogens is 1. The Kier molecular flexibility index (Phi) is 5.96. The summed E-state index contributed by atoms with van der Waals surface area (Å²) in [5.74, 6) is 0.143. The van der Waals surface area contributed by atoms with Gasteiger partial charge in [-0.2, -0.15) is 0 Å². The Morgan fingerprint density at radius 1 is 0.958 bits per heavy atom. The van der Waals surface area contributed by atoms with Gasteiger partial charge in [0.05, 0.1) is 15.2 Å². The lowest BCUT2D eigenvalue weighted by Gasteiger charge is -2.05. The highest BCUT2D eigenvalue weighted by molar-refractivity contribution is 7.18. The second kappa shape index (κ2) is 8.60. The molecule has 124 valence electrons. The first-order valence-electron chi connectivity index (χ1n) is 8.46. The lowest BCUT2D eigenvalue weighted by atomic mass is 10.1. The molecule has 0 unspecified atom stereocenters. The predicted molar refractivity (Wildman–Crippen MR) is 100 cm³/mol. The number of nitrogens with one attached hydrogen (secondary N) is 1. The normalized spacial score (nSPS) is 10.8. The molecule has 0 radical (unpaired) electrons. The minimum absolute atomic E-state index is 0.143. The number of carbonyl (C=O) groups is 1. The van der Waals surface area contributed by atoms with E-state index in [1.54, 1.807) is 11.3 Å². The summed E-state index contributed by atoms with van der Waals surface area (Å²) in [7, 11) is 0. The Labute approximate surface area is 146 Å². The van der Waals surface area contributed by atoms with Gasteiger partial charge in [-0.15, -0.1) is 11.3 Å². The van der Waals surface area contributed by atoms with Crippen LogP contribution in [0.4, 0.5) is 0 Å². The third-order valence-corrected chi connectivity index (χ3v) is 5.04. The van der Waals surface area contributed by atoms with Gasteiger partial charge < -0.3 is 5.32 Å². The van der Waals surface area contributed by atoms with Gasteiger partial charge >= 0.3 is 0 Å². The molecule has 4 heteroatoms. The largest absolute Gasteiger partial charge is 0.356 e. The monoisotopic (exact) mass is 338 g/mol. The van der Waals surface area contributed by atoms with Crippen LogP contribution in [-0.4, -0.2) is 17.4 Å². The molecule has 2 aromatic carbocycles. The number of hydrogen-bond donors (Lipinski definition) is 1. The Morgan fingerprint density at radius 3 is 2.58 bits per heavy atom. The number of nitrogens with zero attached hydrogens (tertiary/aromatic N) is 1. The van der Waals surface area contributed by atoms with Gasteiger partial charge in [0.25, 0.3) is 0 Å². The molecule has 1 aromatic heterocycles. The molecule has 1 heterocycles. The van der Waals surface area contributed by atoms with Crippen LogP contribution in [0, 0.1) is 0 Å². The molecule has 1 amide bonds. The highest BCUT2D eigenvalue weighted by Crippen LogP contribution is 2.22. The van der Waals surface area contributed by atoms with Crippen LogP contribution in [0.2, 0.25) is 0 Å². The zero-order valence-corrected chi connectivity index (χ0v) is 14.5. The first-order valence-corrected chi connectivity index (χ1v) is 9.28. The molecule has 0 aliphatic carbocycles. The Balaban J connectivity index is 1.32. The molecule has 0 atom stereocenters. The highest BCUT2D eigenvalue weighted by atomic mass is 32.1. The van der Waals surface area contributed by atoms with Gasteiger partial charge in [-0.3, -0.25) is 4.79 Å². The van der Waals surface area contributed by atoms with Gasteiger partial charge in [0.15, 0.2) is 0 Å². The van der Waals surface area contributed by atoms with E-state index in [0.29, 0.717) is 6.42 Å². The second-order valence-corrected chi connectivity index (χ2v) is 6.98. The quantitative estimate of drug-likeness (QED) is 0.620. The fourth-order valence-corrected chi connectivity index (χ4v) is 3.69. The summed E-state index contributed by atoms with van der Waals surface area (Å²) in [6.45, 7) is 0.745. The molecule has 3 nitrogen and oxygen atoms in total. The Bertz CT molecular complexity index is 749. The summed E-state index contributed by atoms with van der Waals surface area (Å²) < 4.78 is 1.22. The van der Waals surface area contributed by atoms with E-state index in [9.17, 15) is 4.79 Å². The van der Waals surface area contributed by atoms with Crippen molar-refractivity contribution in [3.63, 3.8) is 0 Å². The number of para-hydroxylation sites is 1. The van der Waals surface area contributed by atoms with Crippen molar-refractivity contribution in [3.8, 4) is 0 Å². The van der Waals surface area contributed by atoms with E-state index in [1.165, 1.54) is 10.3 Å². The molecule has 3 aromatic rings. The van der Waals surface area contributed by atoms with Crippen LogP contribution in [0.5, 0.6) is 0 Å². The van der Waals surface area contributed by atoms with Gasteiger partial charge in [0.1, 0.15) is 0 Å². The molecule has 0 fully saturated rings. The highest BCUT2D eigenvalue weighted by Gasteiger charge is 2.05. The average Bonchev–Trinajstić information content (AvgIpc) is 3.02. The number of fused-ring (bicyclic) bond motifs is 1. The summed E-state index contributed by atoms with van der Waals surface area (Å²) in [6.07, 6.45) is 4.28. The van der Waals surface area contributed by atoms with E-state index in [1.807, 2.05) is 24.3 Å². The molecule has 0 bridgehead atoms. The van der Waals surface area contributed by atoms with Crippen molar-refractivity contribution in [2.75, 3.05) is 6.54 Å². The molecule has 1 N–H and O–H groups in total. The fraction of sp³-hybridized carbons (Fsp3) is 0.300. The van der Waals surface area contributed by atoms with E-state index < -0.39 is 0 Å². The molecule has 0 aliphatic heterocycles. The third-order valence-electron chi connectivity index (χ3n) is 3.94. The molecule has 0 saturated carbocycles. The van der Waals surface area contributed by atoms with Gasteiger partial charge in [-0.05, 0) is 43.4 Å². The number of rotatable bonds is 8. The van der Waals surface area contributed by atoms with E-state index in [0.717, 1.165) is 42.8 Å². The van der Waals surface area contributed by atoms with Crippen molar-refractivity contribution in [1.29, 1.82) is 0 Å². The van der Waals surface area contributed by atoms with Gasteiger partial charge in [0, 0.05) is 13.0 Å². The maximum Gasteiger partial charge on any atom is 0.220 e. The summed E-state index contributed by atoms with van der Waals surface area (Å²) in [5.41, 5.74) is 2.38. The van der Waals surface area contributed by atoms with E-state index in [-0.39, 0.29) is 5.91 Å². The number of hydrogen-bond acceptors (Lipinski definition) is 3. The van der Waals surface area contributed by atoms with Crippen LogP contribution in [0.1, 0.15) is 29.8 Å². The summed E-state index contributed by atoms with van der Waals surface area (Å²) in [6, 6.07) is 18.6. The number of amides is 1. The summed E-state index contributed by atoms with van der Waals surface area (Å²) in [5, 5.41) is 4.13. The minimum atomic E-state index is 0.143. The smallest absolute Gasteiger partial charge is 0.220 e. The van der Waals surface area contributed by atoms with Crippen molar-refractivity contribution in [2.45, 2.75) is 32.1 Å². The van der Waals surface area contributed by atoms with Gasteiger partial charge in [0.2, 0.25) is 5.91 Å². The number of benzene rings is 2. The van der Waals surface area contributed by atoms with Crippen molar-refractivity contribution >= 4 is 27.5 Å². The van der Waals surface area contributed by atoms with Crippen molar-refractivity contribution in [2.24, 2.45) is 0 Å². The molecule has 0 saturated heterocycles. The number of aryl methyl sites for hydroxylation is 2. The molecule has 0 spiro atoms. The number of thiazole rings is 1. The zero-order valence-electron chi connectivity index (χ0n) is 13.7. The van der Waals surface area contributed by atoms with Gasteiger partial charge in [-0.25, -0.2) is 4.98 Å². The van der Waals surface area contributed by atoms with Crippen molar-refractivity contribution in [3.05, 3.63) is 65.2 Å². The molecule has 24 heavy (non-hydrogen) atoms. The topological polar surface area (TPSA) is 42.0 Å². The lowest BCUT2D eigenvalue weighted by Crippen LogP contribution is -2.24. The summed E-state index contributed by atoms with van der Waals surface area (Å²) >= 11 is 1.73.